The van der Waals surface area contributed by atoms with Crippen molar-refractivity contribution < 1.29 is 47.5 Å². The molecule has 3 heterocycles. The van der Waals surface area contributed by atoms with Crippen LogP contribution >= 0.6 is 0 Å². The first-order chi connectivity index (χ1) is 28.4. The summed E-state index contributed by atoms with van der Waals surface area (Å²) in [6, 6.07) is 10.8. The number of hydrogen-bond acceptors (Lipinski definition) is 11. The fraction of sp³-hybridized carbons (Fsp3) is 0.750. The first kappa shape index (κ1) is 44.6. The van der Waals surface area contributed by atoms with E-state index in [1.165, 1.54) is 11.1 Å². The molecule has 0 bridgehead atoms. The number of cyclic esters (lactones) is 1. The van der Waals surface area contributed by atoms with Crippen LogP contribution in [-0.4, -0.2) is 112 Å². The standard InChI is InChI=1S/C48H71NO10/c1-10-32-17-14-18-41(59-43-20-19-40(29(4)55-43)49(6)26-31-15-12-11-13-16-31)28(3)44(51)39-24-37-35(38(39)25-42(50)57-32)21-27(2)34-22-33(23-36(34)37)58-48-47(54-9)46(53-8)45(52-7)30(5)56-48/h11-13,15-16,21,24,28-30,32-38,40-41,43,45-48H,10,14,17-20,22-23,25-26H2,1-9H3/t28-,29?,30?,32+,33-,34+,35-,36-,37-,38+,40+,41+,43+,45+,46?,47?,48+/m1/s1. The third-order valence-corrected chi connectivity index (χ3v) is 14.8. The number of carbonyl (C=O) groups excluding carboxylic acids is 2. The molecule has 4 unspecified atom stereocenters. The summed E-state index contributed by atoms with van der Waals surface area (Å²) in [7, 11) is 7.16. The summed E-state index contributed by atoms with van der Waals surface area (Å²) in [5.74, 6) is -0.0792. The highest BCUT2D eigenvalue weighted by Crippen LogP contribution is 2.56. The van der Waals surface area contributed by atoms with Crippen molar-refractivity contribution in [3.63, 3.8) is 0 Å². The van der Waals surface area contributed by atoms with E-state index in [1.807, 2.05) is 19.9 Å². The quantitative estimate of drug-likeness (QED) is 0.164. The Balaban J connectivity index is 1.08. The zero-order valence-electron chi connectivity index (χ0n) is 37.0. The molecule has 328 valence electrons. The number of likely N-dealkylation sites (N-methyl/N-ethyl adjacent to an activating group) is 1. The van der Waals surface area contributed by atoms with Crippen LogP contribution in [0.25, 0.3) is 0 Å². The van der Waals surface area contributed by atoms with Crippen LogP contribution in [0.5, 0.6) is 0 Å². The highest BCUT2D eigenvalue weighted by molar-refractivity contribution is 5.99. The van der Waals surface area contributed by atoms with Gasteiger partial charge in [0.25, 0.3) is 0 Å². The summed E-state index contributed by atoms with van der Waals surface area (Å²) >= 11 is 0. The fourth-order valence-electron chi connectivity index (χ4n) is 11.7. The zero-order chi connectivity index (χ0) is 42.0. The molecule has 3 aliphatic carbocycles. The molecule has 0 N–H and O–H groups in total. The van der Waals surface area contributed by atoms with Crippen LogP contribution in [-0.2, 0) is 54.0 Å². The molecule has 11 heteroatoms. The van der Waals surface area contributed by atoms with Crippen molar-refractivity contribution in [1.29, 1.82) is 0 Å². The Morgan fingerprint density at radius 3 is 2.24 bits per heavy atom. The number of methoxy groups -OCH3 is 3. The molecule has 1 aromatic rings. The number of rotatable bonds is 11. The Hall–Kier alpha value is -2.48. The molecule has 7 rings (SSSR count). The number of allylic oxidation sites excluding steroid dienone is 4. The highest BCUT2D eigenvalue weighted by atomic mass is 16.7. The van der Waals surface area contributed by atoms with Crippen LogP contribution in [0, 0.1) is 35.5 Å². The highest BCUT2D eigenvalue weighted by Gasteiger charge is 2.54. The van der Waals surface area contributed by atoms with Gasteiger partial charge >= 0.3 is 5.97 Å². The van der Waals surface area contributed by atoms with Gasteiger partial charge in [0.2, 0.25) is 0 Å². The zero-order valence-corrected chi connectivity index (χ0v) is 37.0. The van der Waals surface area contributed by atoms with Crippen LogP contribution in [0.1, 0.15) is 98.0 Å². The van der Waals surface area contributed by atoms with E-state index in [0.29, 0.717) is 12.3 Å². The molecule has 0 spiro atoms. The first-order valence-electron chi connectivity index (χ1n) is 22.5. The average molecular weight is 822 g/mol. The van der Waals surface area contributed by atoms with Crippen molar-refractivity contribution in [2.24, 2.45) is 35.5 Å². The molecule has 0 radical (unpaired) electrons. The van der Waals surface area contributed by atoms with Crippen molar-refractivity contribution in [3.05, 3.63) is 59.2 Å². The molecule has 17 atom stereocenters. The van der Waals surface area contributed by atoms with Gasteiger partial charge in [-0.3, -0.25) is 14.5 Å². The second-order valence-corrected chi connectivity index (χ2v) is 18.4. The molecule has 3 saturated heterocycles. The summed E-state index contributed by atoms with van der Waals surface area (Å²) in [6.07, 6.45) is 8.29. The van der Waals surface area contributed by atoms with E-state index in [-0.39, 0.29) is 96.9 Å². The van der Waals surface area contributed by atoms with Gasteiger partial charge in [-0.25, -0.2) is 0 Å². The second kappa shape index (κ2) is 19.7. The minimum Gasteiger partial charge on any atom is -0.462 e. The number of ether oxygens (including phenoxy) is 8. The van der Waals surface area contributed by atoms with Gasteiger partial charge in [-0.15, -0.1) is 0 Å². The number of fused-ring (bicyclic) bond motifs is 5. The van der Waals surface area contributed by atoms with Crippen molar-refractivity contribution in [2.75, 3.05) is 28.4 Å². The molecule has 0 aromatic heterocycles. The van der Waals surface area contributed by atoms with Crippen molar-refractivity contribution in [1.82, 2.24) is 4.90 Å². The number of Topliss-reactive ketones (excluding diaryl/α,β-unsaturated/α-hetero) is 1. The van der Waals surface area contributed by atoms with Gasteiger partial charge in [-0.05, 0) is 114 Å². The maximum Gasteiger partial charge on any atom is 0.306 e. The fourth-order valence-corrected chi connectivity index (χ4v) is 11.7. The van der Waals surface area contributed by atoms with E-state index in [2.05, 4.69) is 69.1 Å². The molecule has 6 aliphatic rings. The predicted molar refractivity (Wildman–Crippen MR) is 223 cm³/mol. The van der Waals surface area contributed by atoms with Gasteiger partial charge in [0.15, 0.2) is 18.4 Å². The maximum absolute atomic E-state index is 14.9. The van der Waals surface area contributed by atoms with Crippen molar-refractivity contribution in [2.45, 2.75) is 166 Å². The van der Waals surface area contributed by atoms with Crippen LogP contribution in [0.2, 0.25) is 0 Å². The third kappa shape index (κ3) is 9.63. The Labute approximate surface area is 352 Å². The van der Waals surface area contributed by atoms with Crippen LogP contribution in [0.15, 0.2) is 53.6 Å². The van der Waals surface area contributed by atoms with Gasteiger partial charge in [-0.1, -0.05) is 61.9 Å². The molecular weight excluding hydrogens is 751 g/mol. The lowest BCUT2D eigenvalue weighted by Gasteiger charge is -2.44. The Kier molecular flexibility index (Phi) is 14.9. The summed E-state index contributed by atoms with van der Waals surface area (Å²) in [4.78, 5) is 31.0. The van der Waals surface area contributed by atoms with E-state index < -0.39 is 18.3 Å². The SMILES string of the molecule is CC[C@H]1CCC[C@H](O[C@H]2CC[C@H](N(C)Cc3ccccc3)C(C)O2)[C@@H](C)C(=O)C2=C[C@@H]3[C@@H](C=C(C)[C@@H]4C[C@@H](O[C@@H]5OC(C)[C@H](OC)C(OC)C5OC)C[C@@H]34)[C@@H]2CC(=O)O1. The van der Waals surface area contributed by atoms with Crippen molar-refractivity contribution >= 4 is 11.8 Å². The Morgan fingerprint density at radius 1 is 0.797 bits per heavy atom. The summed E-state index contributed by atoms with van der Waals surface area (Å²) in [6.45, 7) is 11.3. The molecule has 3 aliphatic heterocycles. The van der Waals surface area contributed by atoms with Gasteiger partial charge in [0.05, 0.1) is 30.8 Å². The number of esters is 1. The van der Waals surface area contributed by atoms with Crippen LogP contribution < -0.4 is 0 Å². The lowest BCUT2D eigenvalue weighted by molar-refractivity contribution is -0.314. The summed E-state index contributed by atoms with van der Waals surface area (Å²) < 4.78 is 50.2. The van der Waals surface area contributed by atoms with Crippen molar-refractivity contribution in [3.8, 4) is 0 Å². The molecule has 0 amide bonds. The largest absolute Gasteiger partial charge is 0.462 e. The summed E-state index contributed by atoms with van der Waals surface area (Å²) in [5, 5.41) is 0. The molecule has 59 heavy (non-hydrogen) atoms. The number of benzene rings is 1. The molecular formula is C48H71NO10. The Morgan fingerprint density at radius 2 is 1.54 bits per heavy atom. The lowest BCUT2D eigenvalue weighted by Crippen LogP contribution is -2.59. The second-order valence-electron chi connectivity index (χ2n) is 18.4. The average Bonchev–Trinajstić information content (AvgIpc) is 3.81. The number of hydrogen-bond donors (Lipinski definition) is 0. The van der Waals surface area contributed by atoms with Crippen LogP contribution in [0.3, 0.4) is 0 Å². The number of nitrogens with zero attached hydrogens (tertiary/aromatic N) is 1. The Bertz CT molecular complexity index is 1630. The minimum absolute atomic E-state index is 0.0204. The minimum atomic E-state index is -0.605. The normalized spacial score (nSPS) is 41.8. The number of carbonyl (C=O) groups is 2. The first-order valence-corrected chi connectivity index (χ1v) is 22.5. The third-order valence-electron chi connectivity index (χ3n) is 14.8. The number of ketones is 1. The van der Waals surface area contributed by atoms with Crippen LogP contribution in [0.4, 0.5) is 0 Å². The topological polar surface area (TPSA) is 111 Å². The monoisotopic (exact) mass is 822 g/mol. The van der Waals surface area contributed by atoms with Gasteiger partial charge in [0.1, 0.15) is 24.4 Å². The van der Waals surface area contributed by atoms with Gasteiger partial charge in [0, 0.05) is 45.8 Å². The van der Waals surface area contributed by atoms with E-state index in [0.717, 1.165) is 57.1 Å². The lowest BCUT2D eigenvalue weighted by atomic mass is 9.67. The maximum atomic E-state index is 14.9. The van der Waals surface area contributed by atoms with E-state index >= 15 is 0 Å². The predicted octanol–water partition coefficient (Wildman–Crippen LogP) is 7.45. The van der Waals surface area contributed by atoms with E-state index in [1.54, 1.807) is 21.3 Å². The molecule has 1 aromatic carbocycles. The summed E-state index contributed by atoms with van der Waals surface area (Å²) in [5.41, 5.74) is 3.35. The van der Waals surface area contributed by atoms with Gasteiger partial charge in [-0.2, -0.15) is 0 Å². The van der Waals surface area contributed by atoms with E-state index in [9.17, 15) is 9.59 Å². The molecule has 1 saturated carbocycles. The van der Waals surface area contributed by atoms with Gasteiger partial charge < -0.3 is 37.9 Å². The van der Waals surface area contributed by atoms with E-state index in [4.69, 9.17) is 37.9 Å². The molecule has 4 fully saturated rings. The molecule has 11 nitrogen and oxygen atoms in total. The smallest absolute Gasteiger partial charge is 0.306 e.